The van der Waals surface area contributed by atoms with E-state index in [1.165, 1.54) is 0 Å². The average molecular weight is 415 g/mol. The molecule has 128 valence electrons. The van der Waals surface area contributed by atoms with Crippen molar-refractivity contribution in [3.8, 4) is 5.75 Å². The summed E-state index contributed by atoms with van der Waals surface area (Å²) < 4.78 is 94.1. The number of aldehydes is 1. The lowest BCUT2D eigenvalue weighted by molar-refractivity contribution is 0.111. The summed E-state index contributed by atoms with van der Waals surface area (Å²) in [5.74, 6) is -1.04. The Balaban J connectivity index is 4.32. The molecule has 0 aromatic carbocycles. The Hall–Kier alpha value is -1.82. The van der Waals surface area contributed by atoms with E-state index in [-0.39, 0.29) is 6.29 Å². The van der Waals surface area contributed by atoms with Crippen molar-refractivity contribution < 1.29 is 50.9 Å². The first-order valence-corrected chi connectivity index (χ1v) is 10.1. The van der Waals surface area contributed by atoms with Gasteiger partial charge in [0.15, 0.2) is 11.7 Å². The normalized spacial score (nSPS) is 10.9. The summed E-state index contributed by atoms with van der Waals surface area (Å²) in [4.78, 5) is 14.5. The molecule has 0 saturated carbocycles. The fraction of sp³-hybridized carbons (Fsp3) is 0.250. The van der Waals surface area contributed by atoms with E-state index in [0.29, 0.717) is 0 Å². The van der Waals surface area contributed by atoms with Gasteiger partial charge in [-0.25, -0.2) is 46.0 Å². The van der Waals surface area contributed by atoms with Crippen molar-refractivity contribution in [1.29, 1.82) is 0 Å². The van der Waals surface area contributed by atoms with Crippen molar-refractivity contribution in [3.63, 3.8) is 0 Å². The van der Waals surface area contributed by atoms with Gasteiger partial charge in [-0.1, -0.05) is 0 Å². The molecule has 0 saturated heterocycles. The second-order valence-electron chi connectivity index (χ2n) is 3.97. The van der Waals surface area contributed by atoms with Crippen LogP contribution in [-0.2, 0) is 46.1 Å². The van der Waals surface area contributed by atoms with Crippen LogP contribution in [0.5, 0.6) is 5.75 Å². The molecule has 0 amide bonds. The number of nitrogens with zero attached hydrogens (tertiary/aromatic N) is 1. The minimum absolute atomic E-state index is 0.255. The number of carbonyl (C=O) groups is 1. The molecule has 1 heterocycles. The molecule has 1 rings (SSSR count). The maximum atomic E-state index is 11.5. The highest BCUT2D eigenvalue weighted by Crippen LogP contribution is 2.57. The quantitative estimate of drug-likeness (QED) is 0.504. The second kappa shape index (κ2) is 7.38. The van der Waals surface area contributed by atoms with Gasteiger partial charge >= 0.3 is 36.0 Å². The molecule has 12 nitrogen and oxygen atoms in total. The molecule has 0 aliphatic rings. The van der Waals surface area contributed by atoms with Crippen LogP contribution in [0.15, 0.2) is 0 Å². The number of rotatable bonds is 7. The van der Waals surface area contributed by atoms with Crippen LogP contribution in [0.1, 0.15) is 21.6 Å². The van der Waals surface area contributed by atoms with Gasteiger partial charge in [0.1, 0.15) is 5.75 Å². The largest absolute Gasteiger partial charge is 0.505 e. The van der Waals surface area contributed by atoms with E-state index in [4.69, 9.17) is 0 Å². The zero-order valence-corrected chi connectivity index (χ0v) is 14.9. The number of hydrogen-bond acceptors (Lipinski definition) is 12. The molecule has 0 unspecified atom stereocenters. The maximum Gasteiger partial charge on any atom is 0.470 e. The third-order valence-corrected chi connectivity index (χ3v) is 6.66. The fourth-order valence-electron chi connectivity index (χ4n) is 1.73. The topological polar surface area (TPSA) is 196 Å². The molecule has 0 spiro atoms. The second-order valence-corrected chi connectivity index (χ2v) is 8.18. The van der Waals surface area contributed by atoms with Gasteiger partial charge in [-0.3, -0.25) is 4.79 Å². The van der Waals surface area contributed by atoms with Crippen molar-refractivity contribution in [1.82, 2.24) is 4.98 Å². The molecular formula is C8H5NO11P4. The van der Waals surface area contributed by atoms with E-state index in [1.54, 1.807) is 0 Å². The van der Waals surface area contributed by atoms with Crippen LogP contribution < -0.4 is 5.44 Å². The van der Waals surface area contributed by atoms with Gasteiger partial charge < -0.3 is 5.11 Å². The zero-order valence-electron chi connectivity index (χ0n) is 11.3. The third-order valence-electron chi connectivity index (χ3n) is 2.68. The van der Waals surface area contributed by atoms with E-state index in [2.05, 4.69) is 9.51 Å². The van der Waals surface area contributed by atoms with Crippen LogP contribution in [0.2, 0.25) is 0 Å². The molecule has 1 N–H and O–H groups in total. The Labute approximate surface area is 134 Å². The Morgan fingerprint density at radius 2 is 1.54 bits per heavy atom. The van der Waals surface area contributed by atoms with Gasteiger partial charge in [0, 0.05) is 0 Å². The molecule has 24 heavy (non-hydrogen) atoms. The van der Waals surface area contributed by atoms with E-state index in [0.717, 1.165) is 6.92 Å². The smallest absolute Gasteiger partial charge is 0.470 e. The molecule has 0 bridgehead atoms. The fourth-order valence-corrected chi connectivity index (χ4v) is 5.19. The van der Waals surface area contributed by atoms with Crippen molar-refractivity contribution in [2.45, 2.75) is 12.0 Å². The van der Waals surface area contributed by atoms with Gasteiger partial charge in [-0.2, -0.15) is 0 Å². The summed E-state index contributed by atoms with van der Waals surface area (Å²) in [6, 6.07) is 0. The first kappa shape index (κ1) is 20.2. The minimum Gasteiger partial charge on any atom is -0.505 e. The summed E-state index contributed by atoms with van der Waals surface area (Å²) >= 11 is 0. The molecule has 0 aliphatic carbocycles. The first-order chi connectivity index (χ1) is 11.0. The maximum absolute atomic E-state index is 11.5. The molecule has 1 aromatic heterocycles. The van der Waals surface area contributed by atoms with Crippen LogP contribution in [0.4, 0.5) is 0 Å². The minimum atomic E-state index is -4.36. The van der Waals surface area contributed by atoms with Crippen LogP contribution in [0.3, 0.4) is 0 Å². The third kappa shape index (κ3) is 3.34. The first-order valence-electron chi connectivity index (χ1n) is 5.46. The molecular weight excluding hydrogens is 410 g/mol. The van der Waals surface area contributed by atoms with Gasteiger partial charge in [0.05, 0.1) is 16.8 Å². The summed E-state index contributed by atoms with van der Waals surface area (Å²) in [6.07, 6.45) is -0.255. The van der Waals surface area contributed by atoms with Gasteiger partial charge in [0.25, 0.3) is 0 Å². The average Bonchev–Trinajstić information content (AvgIpc) is 2.45. The predicted molar refractivity (Wildman–Crippen MR) is 71.6 cm³/mol. The number of pyridine rings is 1. The highest BCUT2D eigenvalue weighted by atomic mass is 31.1. The molecule has 16 heteroatoms. The predicted octanol–water partition coefficient (Wildman–Crippen LogP) is 2.27. The van der Waals surface area contributed by atoms with Crippen molar-refractivity contribution >= 4 is 42.7 Å². The van der Waals surface area contributed by atoms with Crippen LogP contribution in [-0.4, -0.2) is 16.4 Å². The van der Waals surface area contributed by atoms with Crippen molar-refractivity contribution in [2.75, 3.05) is 0 Å². The number of hydrogen-bond donors (Lipinski definition) is 1. The number of carbonyl (C=O) groups excluding carboxylic acids is 1. The number of aromatic hydroxyl groups is 1. The van der Waals surface area contributed by atoms with Crippen LogP contribution >= 0.6 is 30.9 Å². The van der Waals surface area contributed by atoms with Crippen LogP contribution in [0, 0.1) is 6.92 Å². The van der Waals surface area contributed by atoms with Crippen molar-refractivity contribution in [3.05, 3.63) is 16.8 Å². The van der Waals surface area contributed by atoms with E-state index in [9.17, 15) is 46.4 Å². The summed E-state index contributed by atoms with van der Waals surface area (Å²) in [5, 5.41) is 5.99. The molecule has 0 fully saturated rings. The standard InChI is InChI=1S/C8H5NO11P4/c1-3-6(11)4(2-10)5(7(9-3)21(12)13)8(22(14)15,23(16)17)20-24(18)19/h2,11H,1H3. The Bertz CT molecular complexity index is 944. The van der Waals surface area contributed by atoms with Crippen LogP contribution in [0.25, 0.3) is 0 Å². The van der Waals surface area contributed by atoms with E-state index < -0.39 is 64.0 Å². The van der Waals surface area contributed by atoms with Gasteiger partial charge in [-0.05, 0) is 6.92 Å². The van der Waals surface area contributed by atoms with E-state index in [1.807, 2.05) is 0 Å². The lowest BCUT2D eigenvalue weighted by Gasteiger charge is -2.19. The zero-order chi connectivity index (χ0) is 18.8. The Kier molecular flexibility index (Phi) is 6.22. The Morgan fingerprint density at radius 3 is 1.88 bits per heavy atom. The lowest BCUT2D eigenvalue weighted by atomic mass is 10.1. The summed E-state index contributed by atoms with van der Waals surface area (Å²) in [5.41, 5.74) is -4.23. The number of aryl methyl sites for hydroxylation is 1. The molecule has 0 atom stereocenters. The molecule has 1 aromatic rings. The lowest BCUT2D eigenvalue weighted by Crippen LogP contribution is -2.27. The molecule has 0 radical (unpaired) electrons. The highest BCUT2D eigenvalue weighted by molar-refractivity contribution is 7.52. The van der Waals surface area contributed by atoms with Crippen molar-refractivity contribution in [2.24, 2.45) is 0 Å². The highest BCUT2D eigenvalue weighted by Gasteiger charge is 2.54. The van der Waals surface area contributed by atoms with E-state index >= 15 is 0 Å². The SMILES string of the molecule is Cc1nc(P(=O)=O)c(C(OP(=O)=O)(P(=O)=O)P(=O)=O)c(C=O)c1O. The summed E-state index contributed by atoms with van der Waals surface area (Å²) in [6.45, 7) is 1.04. The number of aromatic nitrogens is 1. The summed E-state index contributed by atoms with van der Waals surface area (Å²) in [7, 11) is -16.7. The Morgan fingerprint density at radius 1 is 1.04 bits per heavy atom. The van der Waals surface area contributed by atoms with Gasteiger partial charge in [0.2, 0.25) is 0 Å². The van der Waals surface area contributed by atoms with Gasteiger partial charge in [-0.15, -0.1) is 0 Å². The monoisotopic (exact) mass is 415 g/mol. The molecule has 0 aliphatic heterocycles.